The summed E-state index contributed by atoms with van der Waals surface area (Å²) in [5.74, 6) is 0.556. The number of carbonyl (C=O) groups excluding carboxylic acids is 1. The molecule has 1 heterocycles. The first-order valence-electron chi connectivity index (χ1n) is 6.23. The van der Waals surface area contributed by atoms with Gasteiger partial charge in [-0.2, -0.15) is 0 Å². The Hall–Kier alpha value is -0.610. The molecule has 0 aromatic heterocycles. The number of nitrogens with two attached hydrogens (primary N) is 1. The van der Waals surface area contributed by atoms with Gasteiger partial charge in [-0.3, -0.25) is 9.69 Å². The van der Waals surface area contributed by atoms with Gasteiger partial charge in [-0.25, -0.2) is 0 Å². The second kappa shape index (κ2) is 4.34. The van der Waals surface area contributed by atoms with Crippen LogP contribution < -0.4 is 5.73 Å². The fraction of sp³-hybridized carbons (Fsp3) is 0.917. The average molecular weight is 226 g/mol. The van der Waals surface area contributed by atoms with Crippen LogP contribution in [0.25, 0.3) is 0 Å². The Kier molecular flexibility index (Phi) is 3.22. The number of hydrogen-bond acceptors (Lipinski definition) is 4. The molecule has 0 aromatic rings. The first-order valence-corrected chi connectivity index (χ1v) is 6.23. The minimum Gasteiger partial charge on any atom is -0.465 e. The maximum Gasteiger partial charge on any atom is 0.327 e. The lowest BCUT2D eigenvalue weighted by atomic mass is 10.0. The minimum atomic E-state index is -0.861. The van der Waals surface area contributed by atoms with Crippen molar-refractivity contribution in [1.29, 1.82) is 0 Å². The van der Waals surface area contributed by atoms with Gasteiger partial charge in [0.2, 0.25) is 0 Å². The second-order valence-electron chi connectivity index (χ2n) is 5.40. The number of likely N-dealkylation sites (tertiary alicyclic amines) is 1. The van der Waals surface area contributed by atoms with Gasteiger partial charge in [0, 0.05) is 19.1 Å². The fourth-order valence-electron chi connectivity index (χ4n) is 3.00. The summed E-state index contributed by atoms with van der Waals surface area (Å²) in [5, 5.41) is 0. The highest BCUT2D eigenvalue weighted by Crippen LogP contribution is 2.37. The Morgan fingerprint density at radius 2 is 2.31 bits per heavy atom. The summed E-state index contributed by atoms with van der Waals surface area (Å²) in [6, 6.07) is 0.655. The number of hydrogen-bond donors (Lipinski definition) is 1. The number of ether oxygens (including phenoxy) is 1. The van der Waals surface area contributed by atoms with Crippen LogP contribution in [0.3, 0.4) is 0 Å². The van der Waals surface area contributed by atoms with Crippen LogP contribution in [-0.2, 0) is 9.53 Å². The van der Waals surface area contributed by atoms with E-state index in [0.29, 0.717) is 19.2 Å². The van der Waals surface area contributed by atoms with Crippen LogP contribution in [-0.4, -0.2) is 42.1 Å². The van der Waals surface area contributed by atoms with E-state index in [-0.39, 0.29) is 5.97 Å². The van der Waals surface area contributed by atoms with Gasteiger partial charge in [0.25, 0.3) is 0 Å². The molecule has 1 saturated heterocycles. The molecule has 1 aliphatic carbocycles. The summed E-state index contributed by atoms with van der Waals surface area (Å²) >= 11 is 0. The van der Waals surface area contributed by atoms with E-state index in [4.69, 9.17) is 10.5 Å². The number of fused-ring (bicyclic) bond motifs is 2. The maximum absolute atomic E-state index is 11.7. The molecule has 2 fully saturated rings. The maximum atomic E-state index is 11.7. The molecule has 1 saturated carbocycles. The third-order valence-electron chi connectivity index (χ3n) is 3.80. The first-order chi connectivity index (χ1) is 7.53. The number of carbonyl (C=O) groups is 1. The van der Waals surface area contributed by atoms with Gasteiger partial charge in [0.15, 0.2) is 0 Å². The zero-order chi connectivity index (χ0) is 11.8. The lowest BCUT2D eigenvalue weighted by Gasteiger charge is -2.33. The van der Waals surface area contributed by atoms with Crippen molar-refractivity contribution in [1.82, 2.24) is 4.90 Å². The molecule has 0 radical (unpaired) electrons. The Labute approximate surface area is 97.1 Å². The average Bonchev–Trinajstić information content (AvgIpc) is 2.78. The van der Waals surface area contributed by atoms with Crippen LogP contribution in [0, 0.1) is 5.92 Å². The summed E-state index contributed by atoms with van der Waals surface area (Å²) in [4.78, 5) is 14.1. The van der Waals surface area contributed by atoms with Crippen LogP contribution >= 0.6 is 0 Å². The molecule has 2 aliphatic rings. The largest absolute Gasteiger partial charge is 0.465 e. The summed E-state index contributed by atoms with van der Waals surface area (Å²) in [6.07, 6.45) is 3.91. The molecule has 92 valence electrons. The SMILES string of the molecule is CCOC(=O)C(C)(N)CN1CC2CCC1C2. The fourth-order valence-corrected chi connectivity index (χ4v) is 3.00. The van der Waals surface area contributed by atoms with Crippen molar-refractivity contribution < 1.29 is 9.53 Å². The molecular weight excluding hydrogens is 204 g/mol. The third kappa shape index (κ3) is 2.23. The van der Waals surface area contributed by atoms with Crippen LogP contribution in [0.4, 0.5) is 0 Å². The Morgan fingerprint density at radius 1 is 1.56 bits per heavy atom. The van der Waals surface area contributed by atoms with E-state index in [1.165, 1.54) is 19.3 Å². The smallest absolute Gasteiger partial charge is 0.327 e. The summed E-state index contributed by atoms with van der Waals surface area (Å²) < 4.78 is 5.01. The van der Waals surface area contributed by atoms with Crippen molar-refractivity contribution in [3.8, 4) is 0 Å². The predicted octanol–water partition coefficient (Wildman–Crippen LogP) is 0.751. The number of piperidine rings is 1. The highest BCUT2D eigenvalue weighted by atomic mass is 16.5. The number of rotatable bonds is 4. The van der Waals surface area contributed by atoms with E-state index >= 15 is 0 Å². The molecule has 2 rings (SSSR count). The molecule has 3 atom stereocenters. The van der Waals surface area contributed by atoms with Crippen LogP contribution in [0.15, 0.2) is 0 Å². The monoisotopic (exact) mass is 226 g/mol. The Morgan fingerprint density at radius 3 is 2.81 bits per heavy atom. The molecule has 4 heteroatoms. The van der Waals surface area contributed by atoms with Crippen molar-refractivity contribution in [2.24, 2.45) is 11.7 Å². The first kappa shape index (κ1) is 11.9. The molecular formula is C12H22N2O2. The molecule has 1 aliphatic heterocycles. The van der Waals surface area contributed by atoms with Crippen LogP contribution in [0.1, 0.15) is 33.1 Å². The van der Waals surface area contributed by atoms with Crippen molar-refractivity contribution >= 4 is 5.97 Å². The van der Waals surface area contributed by atoms with Crippen LogP contribution in [0.5, 0.6) is 0 Å². The number of nitrogens with zero attached hydrogens (tertiary/aromatic N) is 1. The van der Waals surface area contributed by atoms with Gasteiger partial charge >= 0.3 is 5.97 Å². The number of esters is 1. The lowest BCUT2D eigenvalue weighted by molar-refractivity contribution is -0.149. The molecule has 0 aromatic carbocycles. The Balaban J connectivity index is 1.91. The Bertz CT molecular complexity index is 278. The van der Waals surface area contributed by atoms with Crippen molar-refractivity contribution in [3.63, 3.8) is 0 Å². The molecule has 0 amide bonds. The van der Waals surface area contributed by atoms with Gasteiger partial charge in [-0.05, 0) is 39.0 Å². The highest BCUT2D eigenvalue weighted by Gasteiger charge is 2.42. The zero-order valence-corrected chi connectivity index (χ0v) is 10.2. The van der Waals surface area contributed by atoms with Gasteiger partial charge < -0.3 is 10.5 Å². The lowest BCUT2D eigenvalue weighted by Crippen LogP contribution is -2.55. The van der Waals surface area contributed by atoms with E-state index in [1.54, 1.807) is 6.92 Å². The van der Waals surface area contributed by atoms with E-state index < -0.39 is 5.54 Å². The predicted molar refractivity (Wildman–Crippen MR) is 61.9 cm³/mol. The van der Waals surface area contributed by atoms with E-state index in [2.05, 4.69) is 4.90 Å². The van der Waals surface area contributed by atoms with E-state index in [1.807, 2.05) is 6.92 Å². The summed E-state index contributed by atoms with van der Waals surface area (Å²) in [6.45, 7) is 5.73. The molecule has 3 unspecified atom stereocenters. The van der Waals surface area contributed by atoms with Gasteiger partial charge in [0.05, 0.1) is 6.61 Å². The second-order valence-corrected chi connectivity index (χ2v) is 5.40. The molecule has 2 bridgehead atoms. The van der Waals surface area contributed by atoms with Crippen LogP contribution in [0.2, 0.25) is 0 Å². The van der Waals surface area contributed by atoms with Gasteiger partial charge in [0.1, 0.15) is 5.54 Å². The van der Waals surface area contributed by atoms with Crippen molar-refractivity contribution in [2.75, 3.05) is 19.7 Å². The quantitative estimate of drug-likeness (QED) is 0.719. The topological polar surface area (TPSA) is 55.6 Å². The molecule has 4 nitrogen and oxygen atoms in total. The zero-order valence-electron chi connectivity index (χ0n) is 10.2. The molecule has 16 heavy (non-hydrogen) atoms. The molecule has 2 N–H and O–H groups in total. The minimum absolute atomic E-state index is 0.280. The van der Waals surface area contributed by atoms with E-state index in [9.17, 15) is 4.79 Å². The summed E-state index contributed by atoms with van der Waals surface area (Å²) in [7, 11) is 0. The molecule has 0 spiro atoms. The standard InChI is InChI=1S/C12H22N2O2/c1-3-16-11(15)12(2,13)8-14-7-9-4-5-10(14)6-9/h9-10H,3-8,13H2,1-2H3. The van der Waals surface area contributed by atoms with Crippen molar-refractivity contribution in [3.05, 3.63) is 0 Å². The van der Waals surface area contributed by atoms with Crippen molar-refractivity contribution in [2.45, 2.75) is 44.7 Å². The summed E-state index contributed by atoms with van der Waals surface area (Å²) in [5.41, 5.74) is 5.18. The normalized spacial score (nSPS) is 32.7. The highest BCUT2D eigenvalue weighted by molar-refractivity contribution is 5.80. The van der Waals surface area contributed by atoms with Gasteiger partial charge in [-0.15, -0.1) is 0 Å². The van der Waals surface area contributed by atoms with E-state index in [0.717, 1.165) is 12.5 Å². The third-order valence-corrected chi connectivity index (χ3v) is 3.80. The van der Waals surface area contributed by atoms with Gasteiger partial charge in [-0.1, -0.05) is 0 Å².